The number of hydrogen-bond acceptors (Lipinski definition) is 2. The molecule has 1 aliphatic heterocycles. The van der Waals surface area contributed by atoms with Crippen LogP contribution in [-0.2, 0) is 4.79 Å². The first-order chi connectivity index (χ1) is 8.28. The highest BCUT2D eigenvalue weighted by Crippen LogP contribution is 2.45. The van der Waals surface area contributed by atoms with Crippen molar-refractivity contribution in [3.8, 4) is 0 Å². The van der Waals surface area contributed by atoms with Crippen molar-refractivity contribution in [2.45, 2.75) is 57.4 Å². The van der Waals surface area contributed by atoms with E-state index in [1.165, 1.54) is 44.9 Å². The summed E-state index contributed by atoms with van der Waals surface area (Å²) in [7, 11) is 0. The number of piperidine rings is 1. The molecule has 1 saturated heterocycles. The molecule has 1 unspecified atom stereocenters. The minimum absolute atomic E-state index is 0.317. The van der Waals surface area contributed by atoms with Gasteiger partial charge >= 0.3 is 0 Å². The number of rotatable bonds is 3. The van der Waals surface area contributed by atoms with Gasteiger partial charge in [-0.25, -0.2) is 0 Å². The lowest BCUT2D eigenvalue weighted by molar-refractivity contribution is -0.123. The Kier molecular flexibility index (Phi) is 3.12. The molecule has 2 aliphatic carbocycles. The van der Waals surface area contributed by atoms with Crippen LogP contribution in [0.3, 0.4) is 0 Å². The van der Waals surface area contributed by atoms with E-state index in [1.54, 1.807) is 0 Å². The fraction of sp³-hybridized carbons (Fsp3) is 0.929. The normalized spacial score (nSPS) is 31.6. The van der Waals surface area contributed by atoms with E-state index in [4.69, 9.17) is 0 Å². The number of amides is 1. The van der Waals surface area contributed by atoms with Crippen LogP contribution in [0.1, 0.15) is 51.4 Å². The molecular weight excluding hydrogens is 212 g/mol. The van der Waals surface area contributed by atoms with Crippen molar-refractivity contribution in [2.75, 3.05) is 13.1 Å². The molecule has 96 valence electrons. The van der Waals surface area contributed by atoms with Gasteiger partial charge in [0, 0.05) is 12.5 Å². The lowest BCUT2D eigenvalue weighted by Gasteiger charge is -2.39. The summed E-state index contributed by atoms with van der Waals surface area (Å²) >= 11 is 0. The Morgan fingerprint density at radius 3 is 2.65 bits per heavy atom. The van der Waals surface area contributed by atoms with Gasteiger partial charge in [-0.3, -0.25) is 4.79 Å². The second-order valence-electron chi connectivity index (χ2n) is 6.27. The van der Waals surface area contributed by atoms with Crippen LogP contribution >= 0.6 is 0 Å². The molecule has 2 saturated carbocycles. The maximum absolute atomic E-state index is 11.9. The Labute approximate surface area is 104 Å². The van der Waals surface area contributed by atoms with E-state index in [1.807, 2.05) is 0 Å². The van der Waals surface area contributed by atoms with Gasteiger partial charge in [0.2, 0.25) is 5.91 Å². The fourth-order valence-electron chi connectivity index (χ4n) is 3.72. The topological polar surface area (TPSA) is 41.1 Å². The summed E-state index contributed by atoms with van der Waals surface area (Å²) in [6.45, 7) is 2.27. The maximum atomic E-state index is 11.9. The highest BCUT2D eigenvalue weighted by atomic mass is 16.1. The van der Waals surface area contributed by atoms with E-state index >= 15 is 0 Å². The van der Waals surface area contributed by atoms with E-state index in [0.717, 1.165) is 19.5 Å². The molecule has 3 aliphatic rings. The molecule has 0 aromatic heterocycles. The smallest absolute Gasteiger partial charge is 0.220 e. The summed E-state index contributed by atoms with van der Waals surface area (Å²) in [4.78, 5) is 11.9. The zero-order chi connectivity index (χ0) is 11.7. The van der Waals surface area contributed by atoms with Gasteiger partial charge in [0.05, 0.1) is 0 Å². The monoisotopic (exact) mass is 236 g/mol. The average Bonchev–Trinajstić information content (AvgIpc) is 3.06. The van der Waals surface area contributed by atoms with Crippen LogP contribution in [0.25, 0.3) is 0 Å². The highest BCUT2D eigenvalue weighted by Gasteiger charge is 2.44. The highest BCUT2D eigenvalue weighted by molar-refractivity contribution is 5.77. The average molecular weight is 236 g/mol. The van der Waals surface area contributed by atoms with E-state index in [-0.39, 0.29) is 0 Å². The van der Waals surface area contributed by atoms with Gasteiger partial charge < -0.3 is 10.6 Å². The first-order valence-corrected chi connectivity index (χ1v) is 7.29. The third kappa shape index (κ3) is 2.49. The molecule has 2 N–H and O–H groups in total. The van der Waals surface area contributed by atoms with Crippen LogP contribution in [0, 0.1) is 11.3 Å². The Morgan fingerprint density at radius 1 is 1.18 bits per heavy atom. The number of carbonyl (C=O) groups is 1. The summed E-state index contributed by atoms with van der Waals surface area (Å²) in [6.07, 6.45) is 9.65. The van der Waals surface area contributed by atoms with Gasteiger partial charge in [-0.15, -0.1) is 0 Å². The predicted octanol–water partition coefficient (Wildman–Crippen LogP) is 1.82. The van der Waals surface area contributed by atoms with Crippen molar-refractivity contribution in [1.82, 2.24) is 10.6 Å². The molecule has 1 amide bonds. The number of hydrogen-bond donors (Lipinski definition) is 2. The van der Waals surface area contributed by atoms with Crippen molar-refractivity contribution < 1.29 is 4.79 Å². The van der Waals surface area contributed by atoms with Crippen LogP contribution < -0.4 is 10.6 Å². The fourth-order valence-corrected chi connectivity index (χ4v) is 3.72. The molecule has 1 spiro atoms. The Bertz CT molecular complexity index is 293. The molecule has 0 radical (unpaired) electrons. The molecule has 1 atom stereocenters. The van der Waals surface area contributed by atoms with Crippen LogP contribution in [0.15, 0.2) is 0 Å². The van der Waals surface area contributed by atoms with Crippen molar-refractivity contribution in [3.05, 3.63) is 0 Å². The van der Waals surface area contributed by atoms with Crippen LogP contribution in [0.2, 0.25) is 0 Å². The molecule has 1 heterocycles. The first kappa shape index (κ1) is 11.5. The second-order valence-corrected chi connectivity index (χ2v) is 6.27. The van der Waals surface area contributed by atoms with E-state index in [0.29, 0.717) is 23.3 Å². The quantitative estimate of drug-likeness (QED) is 0.785. The second kappa shape index (κ2) is 4.60. The standard InChI is InChI=1S/C14H24N2O/c17-13(10-11-3-4-11)16-12-2-1-5-14(12)6-8-15-9-7-14/h11-12,15H,1-10H2,(H,16,17). The van der Waals surface area contributed by atoms with Gasteiger partial charge in [-0.1, -0.05) is 6.42 Å². The molecule has 3 fully saturated rings. The van der Waals surface area contributed by atoms with Crippen LogP contribution in [0.5, 0.6) is 0 Å². The predicted molar refractivity (Wildman–Crippen MR) is 67.7 cm³/mol. The molecule has 0 bridgehead atoms. The Hall–Kier alpha value is -0.570. The van der Waals surface area contributed by atoms with Gasteiger partial charge in [0.1, 0.15) is 0 Å². The number of carbonyl (C=O) groups excluding carboxylic acids is 1. The minimum atomic E-state index is 0.317. The SMILES string of the molecule is O=C(CC1CC1)NC1CCCC12CCNCC2. The third-order valence-electron chi connectivity index (χ3n) is 5.01. The van der Waals surface area contributed by atoms with Crippen molar-refractivity contribution in [2.24, 2.45) is 11.3 Å². The van der Waals surface area contributed by atoms with Crippen molar-refractivity contribution >= 4 is 5.91 Å². The van der Waals surface area contributed by atoms with E-state index < -0.39 is 0 Å². The Balaban J connectivity index is 1.58. The maximum Gasteiger partial charge on any atom is 0.220 e. The summed E-state index contributed by atoms with van der Waals surface area (Å²) < 4.78 is 0. The van der Waals surface area contributed by atoms with Gasteiger partial charge in [-0.2, -0.15) is 0 Å². The summed E-state index contributed by atoms with van der Waals surface area (Å²) in [5.74, 6) is 1.03. The van der Waals surface area contributed by atoms with Crippen molar-refractivity contribution in [3.63, 3.8) is 0 Å². The molecular formula is C14H24N2O. The summed E-state index contributed by atoms with van der Waals surface area (Å²) in [5, 5.41) is 6.78. The lowest BCUT2D eigenvalue weighted by Crippen LogP contribution is -2.49. The van der Waals surface area contributed by atoms with Crippen molar-refractivity contribution in [1.29, 1.82) is 0 Å². The third-order valence-corrected chi connectivity index (χ3v) is 5.01. The summed E-state index contributed by atoms with van der Waals surface area (Å²) in [5.41, 5.74) is 0.435. The molecule has 0 aromatic rings. The lowest BCUT2D eigenvalue weighted by atomic mass is 9.74. The van der Waals surface area contributed by atoms with E-state index in [2.05, 4.69) is 10.6 Å². The summed E-state index contributed by atoms with van der Waals surface area (Å²) in [6, 6.07) is 0.468. The van der Waals surface area contributed by atoms with Crippen LogP contribution in [-0.4, -0.2) is 25.0 Å². The van der Waals surface area contributed by atoms with E-state index in [9.17, 15) is 4.79 Å². The number of nitrogens with one attached hydrogen (secondary N) is 2. The molecule has 0 aromatic carbocycles. The molecule has 3 nitrogen and oxygen atoms in total. The molecule has 3 rings (SSSR count). The zero-order valence-electron chi connectivity index (χ0n) is 10.6. The minimum Gasteiger partial charge on any atom is -0.353 e. The molecule has 3 heteroatoms. The largest absolute Gasteiger partial charge is 0.353 e. The Morgan fingerprint density at radius 2 is 1.94 bits per heavy atom. The van der Waals surface area contributed by atoms with Gasteiger partial charge in [-0.05, 0) is 62.9 Å². The molecule has 17 heavy (non-hydrogen) atoms. The zero-order valence-corrected chi connectivity index (χ0v) is 10.6. The van der Waals surface area contributed by atoms with Gasteiger partial charge in [0.25, 0.3) is 0 Å². The van der Waals surface area contributed by atoms with Gasteiger partial charge in [0.15, 0.2) is 0 Å². The first-order valence-electron chi connectivity index (χ1n) is 7.29. The van der Waals surface area contributed by atoms with Crippen LogP contribution in [0.4, 0.5) is 0 Å².